The van der Waals surface area contributed by atoms with E-state index in [1.165, 1.54) is 0 Å². The number of aliphatic imine (C=N–C) groups is 1. The number of hydrogen-bond acceptors (Lipinski definition) is 5. The Labute approximate surface area is 178 Å². The first-order valence-electron chi connectivity index (χ1n) is 10.6. The summed E-state index contributed by atoms with van der Waals surface area (Å²) in [5.41, 5.74) is 1.78. The van der Waals surface area contributed by atoms with Gasteiger partial charge in [-0.15, -0.1) is 0 Å². The van der Waals surface area contributed by atoms with Gasteiger partial charge in [0.05, 0.1) is 18.8 Å². The minimum absolute atomic E-state index is 0.114. The van der Waals surface area contributed by atoms with Gasteiger partial charge in [0, 0.05) is 38.3 Å². The summed E-state index contributed by atoms with van der Waals surface area (Å²) in [6.07, 6.45) is 4.59. The molecule has 0 unspecified atom stereocenters. The monoisotopic (exact) mass is 412 g/mol. The van der Waals surface area contributed by atoms with Crippen LogP contribution >= 0.6 is 0 Å². The Morgan fingerprint density at radius 1 is 1.23 bits per heavy atom. The molecule has 0 saturated carbocycles. The SMILES string of the molecule is CCCNC(=O)CN1CCC(NC(=NC)NCc2coc(-c3ccccc3)n2)CC1. The predicted molar refractivity (Wildman–Crippen MR) is 118 cm³/mol. The normalized spacial score (nSPS) is 15.7. The van der Waals surface area contributed by atoms with E-state index in [2.05, 4.69) is 37.8 Å². The Kier molecular flexibility index (Phi) is 8.26. The summed E-state index contributed by atoms with van der Waals surface area (Å²) in [4.78, 5) is 22.9. The smallest absolute Gasteiger partial charge is 0.234 e. The van der Waals surface area contributed by atoms with Gasteiger partial charge in [0.2, 0.25) is 11.8 Å². The Morgan fingerprint density at radius 2 is 2.00 bits per heavy atom. The van der Waals surface area contributed by atoms with Crippen molar-refractivity contribution in [3.8, 4) is 11.5 Å². The standard InChI is InChI=1S/C22H32N6O2/c1-3-11-24-20(29)15-28-12-9-18(10-13-28)27-22(23-2)25-14-19-16-30-21(26-19)17-7-5-4-6-8-17/h4-8,16,18H,3,9-15H2,1-2H3,(H,24,29)(H2,23,25,27). The van der Waals surface area contributed by atoms with Crippen molar-refractivity contribution >= 4 is 11.9 Å². The van der Waals surface area contributed by atoms with Crippen LogP contribution in [0.25, 0.3) is 11.5 Å². The number of hydrogen-bond donors (Lipinski definition) is 3. The molecule has 1 amide bonds. The Morgan fingerprint density at radius 3 is 2.70 bits per heavy atom. The molecule has 2 heterocycles. The number of nitrogens with zero attached hydrogens (tertiary/aromatic N) is 3. The van der Waals surface area contributed by atoms with Crippen LogP contribution in [0.15, 0.2) is 46.0 Å². The van der Waals surface area contributed by atoms with Crippen molar-refractivity contribution in [1.82, 2.24) is 25.8 Å². The van der Waals surface area contributed by atoms with E-state index in [-0.39, 0.29) is 5.91 Å². The summed E-state index contributed by atoms with van der Waals surface area (Å²) >= 11 is 0. The molecule has 3 rings (SSSR count). The molecule has 0 aliphatic carbocycles. The first-order valence-corrected chi connectivity index (χ1v) is 10.6. The second-order valence-corrected chi connectivity index (χ2v) is 7.48. The zero-order chi connectivity index (χ0) is 21.2. The number of likely N-dealkylation sites (tertiary alicyclic amines) is 1. The van der Waals surface area contributed by atoms with Crippen molar-refractivity contribution in [1.29, 1.82) is 0 Å². The van der Waals surface area contributed by atoms with Crippen LogP contribution in [0.2, 0.25) is 0 Å². The summed E-state index contributed by atoms with van der Waals surface area (Å²) in [5.74, 6) is 1.48. The van der Waals surface area contributed by atoms with E-state index in [0.29, 0.717) is 25.0 Å². The summed E-state index contributed by atoms with van der Waals surface area (Å²) in [7, 11) is 1.76. The molecule has 8 nitrogen and oxygen atoms in total. The fourth-order valence-electron chi connectivity index (χ4n) is 3.42. The van der Waals surface area contributed by atoms with Crippen molar-refractivity contribution in [2.24, 2.45) is 4.99 Å². The van der Waals surface area contributed by atoms with Crippen LogP contribution in [-0.2, 0) is 11.3 Å². The van der Waals surface area contributed by atoms with Crippen LogP contribution in [0.3, 0.4) is 0 Å². The molecule has 1 aromatic carbocycles. The van der Waals surface area contributed by atoms with Gasteiger partial charge in [0.15, 0.2) is 5.96 Å². The maximum absolute atomic E-state index is 11.9. The van der Waals surface area contributed by atoms with E-state index in [1.54, 1.807) is 13.3 Å². The number of guanidine groups is 1. The molecule has 2 aromatic rings. The quantitative estimate of drug-likeness (QED) is 0.453. The second-order valence-electron chi connectivity index (χ2n) is 7.48. The molecule has 3 N–H and O–H groups in total. The Bertz CT molecular complexity index is 812. The van der Waals surface area contributed by atoms with Crippen LogP contribution in [0, 0.1) is 0 Å². The van der Waals surface area contributed by atoms with E-state index < -0.39 is 0 Å². The first kappa shape index (κ1) is 21.8. The maximum atomic E-state index is 11.9. The van der Waals surface area contributed by atoms with Gasteiger partial charge in [-0.05, 0) is 31.4 Å². The van der Waals surface area contributed by atoms with Gasteiger partial charge in [0.25, 0.3) is 0 Å². The molecular formula is C22H32N6O2. The molecule has 8 heteroatoms. The van der Waals surface area contributed by atoms with E-state index in [4.69, 9.17) is 4.42 Å². The van der Waals surface area contributed by atoms with Crippen molar-refractivity contribution in [2.45, 2.75) is 38.8 Å². The highest BCUT2D eigenvalue weighted by Gasteiger charge is 2.21. The molecule has 1 saturated heterocycles. The van der Waals surface area contributed by atoms with Crippen LogP contribution in [0.5, 0.6) is 0 Å². The van der Waals surface area contributed by atoms with Gasteiger partial charge in [-0.3, -0.25) is 14.7 Å². The van der Waals surface area contributed by atoms with E-state index in [9.17, 15) is 4.79 Å². The van der Waals surface area contributed by atoms with E-state index >= 15 is 0 Å². The summed E-state index contributed by atoms with van der Waals surface area (Å²) in [5, 5.41) is 9.72. The molecule has 0 spiro atoms. The number of carbonyl (C=O) groups excluding carboxylic acids is 1. The summed E-state index contributed by atoms with van der Waals surface area (Å²) in [6.45, 7) is 5.62. The maximum Gasteiger partial charge on any atom is 0.234 e. The number of piperidine rings is 1. The van der Waals surface area contributed by atoms with Crippen LogP contribution in [0.4, 0.5) is 0 Å². The van der Waals surface area contributed by atoms with Crippen molar-refractivity contribution in [3.05, 3.63) is 42.3 Å². The van der Waals surface area contributed by atoms with E-state index in [0.717, 1.165) is 56.1 Å². The van der Waals surface area contributed by atoms with Crippen LogP contribution < -0.4 is 16.0 Å². The minimum Gasteiger partial charge on any atom is -0.444 e. The Balaban J connectivity index is 1.40. The first-order chi connectivity index (χ1) is 14.7. The Hall–Kier alpha value is -2.87. The van der Waals surface area contributed by atoms with Crippen molar-refractivity contribution in [3.63, 3.8) is 0 Å². The number of oxazole rings is 1. The fourth-order valence-corrected chi connectivity index (χ4v) is 3.42. The summed E-state index contributed by atoms with van der Waals surface area (Å²) < 4.78 is 5.58. The molecule has 0 radical (unpaired) electrons. The van der Waals surface area contributed by atoms with Crippen molar-refractivity contribution in [2.75, 3.05) is 33.2 Å². The fraction of sp³-hybridized carbons (Fsp3) is 0.500. The molecule has 0 atom stereocenters. The van der Waals surface area contributed by atoms with Gasteiger partial charge in [-0.2, -0.15) is 0 Å². The molecule has 1 aromatic heterocycles. The molecule has 1 aliphatic rings. The van der Waals surface area contributed by atoms with Gasteiger partial charge in [0.1, 0.15) is 6.26 Å². The second kappa shape index (κ2) is 11.3. The highest BCUT2D eigenvalue weighted by atomic mass is 16.3. The number of benzene rings is 1. The highest BCUT2D eigenvalue weighted by molar-refractivity contribution is 5.80. The van der Waals surface area contributed by atoms with Crippen LogP contribution in [0.1, 0.15) is 31.9 Å². The van der Waals surface area contributed by atoms with Gasteiger partial charge in [-0.1, -0.05) is 25.1 Å². The number of nitrogens with one attached hydrogen (secondary N) is 3. The molecule has 30 heavy (non-hydrogen) atoms. The molecule has 162 valence electrons. The zero-order valence-corrected chi connectivity index (χ0v) is 17.9. The average molecular weight is 413 g/mol. The molecule has 1 fully saturated rings. The lowest BCUT2D eigenvalue weighted by molar-refractivity contribution is -0.122. The number of amides is 1. The summed E-state index contributed by atoms with van der Waals surface area (Å²) in [6, 6.07) is 10.2. The average Bonchev–Trinajstić information content (AvgIpc) is 3.26. The lowest BCUT2D eigenvalue weighted by Gasteiger charge is -2.32. The van der Waals surface area contributed by atoms with Crippen molar-refractivity contribution < 1.29 is 9.21 Å². The third-order valence-electron chi connectivity index (χ3n) is 5.10. The van der Waals surface area contributed by atoms with E-state index in [1.807, 2.05) is 30.3 Å². The van der Waals surface area contributed by atoms with Gasteiger partial charge >= 0.3 is 0 Å². The van der Waals surface area contributed by atoms with Crippen LogP contribution in [-0.4, -0.2) is 61.0 Å². The van der Waals surface area contributed by atoms with Gasteiger partial charge in [-0.25, -0.2) is 4.98 Å². The predicted octanol–water partition coefficient (Wildman–Crippen LogP) is 2.00. The number of aromatic nitrogens is 1. The lowest BCUT2D eigenvalue weighted by Crippen LogP contribution is -2.50. The highest BCUT2D eigenvalue weighted by Crippen LogP contribution is 2.17. The number of carbonyl (C=O) groups is 1. The molecular weight excluding hydrogens is 380 g/mol. The third kappa shape index (κ3) is 6.59. The minimum atomic E-state index is 0.114. The molecule has 0 bridgehead atoms. The van der Waals surface area contributed by atoms with Gasteiger partial charge < -0.3 is 20.4 Å². The largest absolute Gasteiger partial charge is 0.444 e. The lowest BCUT2D eigenvalue weighted by atomic mass is 10.1. The number of rotatable bonds is 8. The topological polar surface area (TPSA) is 94.8 Å². The zero-order valence-electron chi connectivity index (χ0n) is 17.9. The molecule has 1 aliphatic heterocycles. The third-order valence-corrected chi connectivity index (χ3v) is 5.10.